The maximum atomic E-state index is 6.24. The zero-order valence-electron chi connectivity index (χ0n) is 19.8. The monoisotopic (exact) mass is 497 g/mol. The molecular weight excluding hydrogens is 470 g/mol. The van der Waals surface area contributed by atoms with Gasteiger partial charge in [-0.3, -0.25) is 10.4 Å². The molecule has 1 aliphatic carbocycles. The van der Waals surface area contributed by atoms with Gasteiger partial charge in [-0.15, -0.1) is 11.3 Å². The largest absolute Gasteiger partial charge is 0.403 e. The fourth-order valence-corrected chi connectivity index (χ4v) is 5.10. The third-order valence-electron chi connectivity index (χ3n) is 5.95. The predicted molar refractivity (Wildman–Crippen MR) is 145 cm³/mol. The number of imidazole rings is 1. The molecule has 0 amide bonds. The zero-order chi connectivity index (χ0) is 25.1. The summed E-state index contributed by atoms with van der Waals surface area (Å²) in [6, 6.07) is 14.5. The van der Waals surface area contributed by atoms with E-state index >= 15 is 0 Å². The number of aromatic nitrogens is 5. The van der Waals surface area contributed by atoms with Crippen LogP contribution in [0.15, 0.2) is 66.4 Å². The molecule has 0 atom stereocenters. The van der Waals surface area contributed by atoms with Crippen molar-refractivity contribution in [2.75, 3.05) is 5.73 Å². The van der Waals surface area contributed by atoms with Crippen LogP contribution in [0.1, 0.15) is 23.2 Å². The second-order valence-corrected chi connectivity index (χ2v) is 9.23. The SMILES string of the molecule is Cc1csc(-c2ccc3nc(-c4cccnc4N)n(-c4ccc5c(c4)CCC5)c3n2)n1.N/C=C\NN. The van der Waals surface area contributed by atoms with E-state index in [0.717, 1.165) is 57.5 Å². The number of hydrazine groups is 1. The standard InChI is InChI=1S/C24H20N6S.C2H7N3/c1-14-13-31-24(27-14)20-10-9-19-23(29-20)30(17-8-7-15-4-2-5-16(15)12-17)22(28-19)18-6-3-11-26-21(18)25;3-1-2-5-4/h3,6-13H,2,4-5H2,1H3,(H2,25,26);1-2,5H,3-4H2/b;2-1-. The fraction of sp³-hybridized carbons (Fsp3) is 0.154. The molecule has 0 unspecified atom stereocenters. The molecular formula is C26H27N9S. The minimum Gasteiger partial charge on any atom is -0.403 e. The summed E-state index contributed by atoms with van der Waals surface area (Å²) in [5.74, 6) is 5.93. The van der Waals surface area contributed by atoms with Crippen LogP contribution in [0.3, 0.4) is 0 Å². The number of nitrogens with zero attached hydrogens (tertiary/aromatic N) is 5. The molecule has 9 nitrogen and oxygen atoms in total. The van der Waals surface area contributed by atoms with Crippen LogP contribution >= 0.6 is 11.3 Å². The molecule has 7 N–H and O–H groups in total. The second kappa shape index (κ2) is 10.1. The highest BCUT2D eigenvalue weighted by molar-refractivity contribution is 7.13. The Morgan fingerprint density at radius 1 is 1.06 bits per heavy atom. The number of pyridine rings is 2. The summed E-state index contributed by atoms with van der Waals surface area (Å²) in [6.07, 6.45) is 7.91. The van der Waals surface area contributed by atoms with Crippen LogP contribution in [0.4, 0.5) is 5.82 Å². The smallest absolute Gasteiger partial charge is 0.165 e. The Bertz CT molecular complexity index is 1550. The molecule has 1 aromatic carbocycles. The Labute approximate surface area is 212 Å². The third-order valence-corrected chi connectivity index (χ3v) is 6.94. The van der Waals surface area contributed by atoms with Crippen molar-refractivity contribution < 1.29 is 0 Å². The van der Waals surface area contributed by atoms with Crippen LogP contribution in [0.25, 0.3) is 38.9 Å². The van der Waals surface area contributed by atoms with Gasteiger partial charge in [-0.25, -0.2) is 19.9 Å². The van der Waals surface area contributed by atoms with Gasteiger partial charge in [0, 0.05) is 35.4 Å². The molecule has 4 heterocycles. The van der Waals surface area contributed by atoms with Gasteiger partial charge in [0.25, 0.3) is 0 Å². The van der Waals surface area contributed by atoms with Crippen molar-refractivity contribution in [2.45, 2.75) is 26.2 Å². The van der Waals surface area contributed by atoms with Gasteiger partial charge in [0.2, 0.25) is 0 Å². The number of hydrogen-bond donors (Lipinski definition) is 4. The van der Waals surface area contributed by atoms with Gasteiger partial charge in [-0.1, -0.05) is 6.07 Å². The van der Waals surface area contributed by atoms with Crippen LogP contribution in [-0.4, -0.2) is 24.5 Å². The van der Waals surface area contributed by atoms with Crippen molar-refractivity contribution in [3.63, 3.8) is 0 Å². The van der Waals surface area contributed by atoms with Crippen molar-refractivity contribution >= 4 is 28.3 Å². The Morgan fingerprint density at radius 3 is 2.64 bits per heavy atom. The lowest BCUT2D eigenvalue weighted by Gasteiger charge is -2.12. The van der Waals surface area contributed by atoms with Crippen molar-refractivity contribution in [3.05, 3.63) is 83.3 Å². The van der Waals surface area contributed by atoms with E-state index in [1.165, 1.54) is 29.9 Å². The van der Waals surface area contributed by atoms with Crippen molar-refractivity contribution in [2.24, 2.45) is 11.6 Å². The predicted octanol–water partition coefficient (Wildman–Crippen LogP) is 3.86. The van der Waals surface area contributed by atoms with Crippen molar-refractivity contribution in [1.29, 1.82) is 0 Å². The summed E-state index contributed by atoms with van der Waals surface area (Å²) in [5.41, 5.74) is 21.4. The molecule has 0 radical (unpaired) electrons. The summed E-state index contributed by atoms with van der Waals surface area (Å²) >= 11 is 1.60. The number of thiazole rings is 1. The lowest BCUT2D eigenvalue weighted by molar-refractivity contribution is 0.911. The summed E-state index contributed by atoms with van der Waals surface area (Å²) in [7, 11) is 0. The number of nitrogens with one attached hydrogen (secondary N) is 1. The van der Waals surface area contributed by atoms with E-state index in [1.807, 2.05) is 36.6 Å². The lowest BCUT2D eigenvalue weighted by Crippen LogP contribution is -2.13. The maximum absolute atomic E-state index is 6.24. The van der Waals surface area contributed by atoms with Crippen molar-refractivity contribution in [1.82, 2.24) is 29.9 Å². The molecule has 182 valence electrons. The van der Waals surface area contributed by atoms with E-state index < -0.39 is 0 Å². The molecule has 0 aliphatic heterocycles. The van der Waals surface area contributed by atoms with Crippen molar-refractivity contribution in [3.8, 4) is 27.8 Å². The van der Waals surface area contributed by atoms with Gasteiger partial charge < -0.3 is 16.9 Å². The highest BCUT2D eigenvalue weighted by Crippen LogP contribution is 2.33. The van der Waals surface area contributed by atoms with Gasteiger partial charge in [0.05, 0.1) is 5.56 Å². The number of hydrogen-bond acceptors (Lipinski definition) is 9. The first-order valence-electron chi connectivity index (χ1n) is 11.6. The molecule has 36 heavy (non-hydrogen) atoms. The van der Waals surface area contributed by atoms with Gasteiger partial charge >= 0.3 is 0 Å². The third kappa shape index (κ3) is 4.51. The minimum atomic E-state index is 0.455. The summed E-state index contributed by atoms with van der Waals surface area (Å²) in [5, 5.41) is 2.95. The highest BCUT2D eigenvalue weighted by atomic mass is 32.1. The van der Waals surface area contributed by atoms with Crippen LogP contribution in [0.2, 0.25) is 0 Å². The molecule has 0 bridgehead atoms. The Morgan fingerprint density at radius 2 is 1.92 bits per heavy atom. The summed E-state index contributed by atoms with van der Waals surface area (Å²) < 4.78 is 2.10. The first-order valence-corrected chi connectivity index (χ1v) is 12.4. The average Bonchev–Trinajstić information content (AvgIpc) is 3.62. The first kappa shape index (κ1) is 23.5. The van der Waals surface area contributed by atoms with Crippen LogP contribution in [-0.2, 0) is 12.8 Å². The molecule has 0 saturated heterocycles. The Kier molecular flexibility index (Phi) is 6.61. The highest BCUT2D eigenvalue weighted by Gasteiger charge is 2.20. The van der Waals surface area contributed by atoms with E-state index in [1.54, 1.807) is 17.5 Å². The number of nitrogens with two attached hydrogens (primary N) is 3. The average molecular weight is 498 g/mol. The molecule has 0 fully saturated rings. The van der Waals surface area contributed by atoms with Crippen LogP contribution in [0.5, 0.6) is 0 Å². The molecule has 5 aromatic rings. The topological polar surface area (TPSA) is 147 Å². The molecule has 4 aromatic heterocycles. The molecule has 0 spiro atoms. The summed E-state index contributed by atoms with van der Waals surface area (Å²) in [6.45, 7) is 2.00. The normalized spacial score (nSPS) is 12.5. The number of aryl methyl sites for hydroxylation is 3. The van der Waals surface area contributed by atoms with E-state index in [2.05, 4.69) is 38.2 Å². The van der Waals surface area contributed by atoms with Gasteiger partial charge in [0.15, 0.2) is 11.5 Å². The number of benzene rings is 1. The van der Waals surface area contributed by atoms with Gasteiger partial charge in [-0.2, -0.15) is 0 Å². The van der Waals surface area contributed by atoms with Gasteiger partial charge in [-0.05, 0) is 73.7 Å². The maximum Gasteiger partial charge on any atom is 0.165 e. The molecule has 1 aliphatic rings. The lowest BCUT2D eigenvalue weighted by atomic mass is 10.1. The number of nitrogen functional groups attached to an aromatic ring is 1. The van der Waals surface area contributed by atoms with E-state index in [-0.39, 0.29) is 0 Å². The first-order chi connectivity index (χ1) is 17.6. The fourth-order valence-electron chi connectivity index (χ4n) is 4.33. The van der Waals surface area contributed by atoms with E-state index in [9.17, 15) is 0 Å². The quantitative estimate of drug-likeness (QED) is 0.216. The van der Waals surface area contributed by atoms with Gasteiger partial charge in [0.1, 0.15) is 22.0 Å². The van der Waals surface area contributed by atoms with Crippen LogP contribution < -0.4 is 22.7 Å². The summed E-state index contributed by atoms with van der Waals surface area (Å²) in [4.78, 5) is 18.8. The Balaban J connectivity index is 0.000000489. The number of rotatable bonds is 4. The molecule has 0 saturated carbocycles. The van der Waals surface area contributed by atoms with Crippen LogP contribution in [0, 0.1) is 6.92 Å². The second-order valence-electron chi connectivity index (χ2n) is 8.37. The van der Waals surface area contributed by atoms with E-state index in [4.69, 9.17) is 27.3 Å². The minimum absolute atomic E-state index is 0.455. The molecule has 6 rings (SSSR count). The molecule has 10 heteroatoms. The van der Waals surface area contributed by atoms with E-state index in [0.29, 0.717) is 5.82 Å². The zero-order valence-corrected chi connectivity index (χ0v) is 20.7. The Hall–Kier alpha value is -4.28. The number of anilines is 1. The number of fused-ring (bicyclic) bond motifs is 2.